The minimum Gasteiger partial charge on any atom is -0.290 e. The third-order valence-electron chi connectivity index (χ3n) is 6.73. The van der Waals surface area contributed by atoms with Crippen LogP contribution in [-0.2, 0) is 0 Å². The number of hydrogen-bond acceptors (Lipinski definition) is 1. The lowest BCUT2D eigenvalue weighted by Crippen LogP contribution is -2.64. The van der Waals surface area contributed by atoms with Gasteiger partial charge in [-0.05, 0) is 64.2 Å². The molecule has 1 aliphatic heterocycles. The average molecular weight is 307 g/mol. The molecule has 0 saturated carbocycles. The highest BCUT2D eigenvalue weighted by Gasteiger charge is 2.51. The van der Waals surface area contributed by atoms with Gasteiger partial charge >= 0.3 is 0 Å². The van der Waals surface area contributed by atoms with E-state index in [1.807, 2.05) is 0 Å². The van der Waals surface area contributed by atoms with Crippen molar-refractivity contribution < 1.29 is 0 Å². The van der Waals surface area contributed by atoms with E-state index in [-0.39, 0.29) is 11.1 Å². The van der Waals surface area contributed by atoms with Crippen LogP contribution in [0.25, 0.3) is 0 Å². The highest BCUT2D eigenvalue weighted by Crippen LogP contribution is 2.55. The first-order valence-electron chi connectivity index (χ1n) is 9.51. The van der Waals surface area contributed by atoms with Crippen molar-refractivity contribution in [2.24, 2.45) is 10.8 Å². The van der Waals surface area contributed by atoms with Gasteiger partial charge in [-0.15, -0.1) is 0 Å². The predicted octanol–water partition coefficient (Wildman–Crippen LogP) is 5.30. The first-order valence-corrected chi connectivity index (χ1v) is 9.51. The zero-order valence-corrected chi connectivity index (χ0v) is 17.4. The molecule has 0 spiro atoms. The Kier molecular flexibility index (Phi) is 5.61. The van der Waals surface area contributed by atoms with Crippen molar-refractivity contribution in [3.8, 4) is 0 Å². The molecular formula is C20H42BN. The molecule has 0 atom stereocenters. The lowest BCUT2D eigenvalue weighted by atomic mass is 9.49. The predicted molar refractivity (Wildman–Crippen MR) is 103 cm³/mol. The standard InChI is InChI=1S/C20H42BN/c1-11-15(12-2)22-19(7,8)13-17(3,4)16(21)18(5,6)14-20(22,9)10/h15-16H,11-14,21H2,1-10H3. The summed E-state index contributed by atoms with van der Waals surface area (Å²) >= 11 is 0. The minimum absolute atomic E-state index is 0.244. The average Bonchev–Trinajstić information content (AvgIpc) is 2.30. The Balaban J connectivity index is 3.42. The molecule has 0 aromatic carbocycles. The normalized spacial score (nSPS) is 28.3. The summed E-state index contributed by atoms with van der Waals surface area (Å²) in [5.74, 6) is 0.724. The SMILES string of the molecule is BC1C(C)(C)CC(C)(C)N(C(CC)CC)C(C)(C)CC1(C)C. The fraction of sp³-hybridized carbons (Fsp3) is 1.00. The van der Waals surface area contributed by atoms with Gasteiger partial charge in [-0.1, -0.05) is 47.4 Å². The van der Waals surface area contributed by atoms with Crippen molar-refractivity contribution in [2.45, 2.75) is 118 Å². The topological polar surface area (TPSA) is 3.24 Å². The maximum Gasteiger partial charge on any atom is 0.106 e. The van der Waals surface area contributed by atoms with Crippen molar-refractivity contribution in [2.75, 3.05) is 0 Å². The summed E-state index contributed by atoms with van der Waals surface area (Å²) in [5, 5.41) is 0. The quantitative estimate of drug-likeness (QED) is 0.639. The lowest BCUT2D eigenvalue weighted by Gasteiger charge is -2.61. The molecule has 1 saturated heterocycles. The van der Waals surface area contributed by atoms with Gasteiger partial charge in [0.2, 0.25) is 0 Å². The molecule has 0 aliphatic carbocycles. The fourth-order valence-corrected chi connectivity index (χ4v) is 6.23. The molecular weight excluding hydrogens is 265 g/mol. The van der Waals surface area contributed by atoms with Crippen LogP contribution in [0, 0.1) is 10.8 Å². The molecule has 1 fully saturated rings. The van der Waals surface area contributed by atoms with Crippen LogP contribution in [0.1, 0.15) is 94.9 Å². The molecule has 0 radical (unpaired) electrons. The van der Waals surface area contributed by atoms with Crippen LogP contribution in [0.4, 0.5) is 0 Å². The summed E-state index contributed by atoms with van der Waals surface area (Å²) in [6, 6.07) is 0.685. The molecule has 2 heteroatoms. The van der Waals surface area contributed by atoms with Gasteiger partial charge in [-0.2, -0.15) is 0 Å². The molecule has 0 aromatic rings. The van der Waals surface area contributed by atoms with Gasteiger partial charge in [0, 0.05) is 17.1 Å². The number of hydrogen-bond donors (Lipinski definition) is 0. The fourth-order valence-electron chi connectivity index (χ4n) is 6.23. The van der Waals surface area contributed by atoms with E-state index < -0.39 is 0 Å². The molecule has 1 heterocycles. The third kappa shape index (κ3) is 3.74. The van der Waals surface area contributed by atoms with E-state index in [0.29, 0.717) is 16.9 Å². The van der Waals surface area contributed by atoms with Crippen LogP contribution in [0.15, 0.2) is 0 Å². The molecule has 1 rings (SSSR count). The number of likely N-dealkylation sites (tertiary alicyclic amines) is 1. The van der Waals surface area contributed by atoms with Crippen LogP contribution in [-0.4, -0.2) is 29.9 Å². The van der Waals surface area contributed by atoms with Crippen molar-refractivity contribution in [1.29, 1.82) is 0 Å². The molecule has 22 heavy (non-hydrogen) atoms. The number of nitrogens with zero attached hydrogens (tertiary/aromatic N) is 1. The molecule has 1 nitrogen and oxygen atoms in total. The summed E-state index contributed by atoms with van der Waals surface area (Å²) in [7, 11) is 2.49. The maximum absolute atomic E-state index is 2.88. The molecule has 0 amide bonds. The van der Waals surface area contributed by atoms with Crippen LogP contribution < -0.4 is 0 Å². The van der Waals surface area contributed by atoms with Gasteiger partial charge in [0.25, 0.3) is 0 Å². The van der Waals surface area contributed by atoms with Crippen LogP contribution in [0.2, 0.25) is 5.82 Å². The van der Waals surface area contributed by atoms with Crippen molar-refractivity contribution in [3.05, 3.63) is 0 Å². The van der Waals surface area contributed by atoms with Gasteiger partial charge in [0.15, 0.2) is 0 Å². The largest absolute Gasteiger partial charge is 0.290 e. The Morgan fingerprint density at radius 2 is 1.14 bits per heavy atom. The molecule has 0 unspecified atom stereocenters. The Hall–Kier alpha value is 0.0249. The van der Waals surface area contributed by atoms with E-state index in [1.165, 1.54) is 25.7 Å². The number of rotatable bonds is 3. The van der Waals surface area contributed by atoms with Gasteiger partial charge in [-0.25, -0.2) is 0 Å². The van der Waals surface area contributed by atoms with Crippen LogP contribution >= 0.6 is 0 Å². The lowest BCUT2D eigenvalue weighted by molar-refractivity contribution is -0.0894. The first kappa shape index (κ1) is 20.1. The van der Waals surface area contributed by atoms with Gasteiger partial charge in [0.1, 0.15) is 7.85 Å². The molecule has 1 aliphatic rings. The summed E-state index contributed by atoms with van der Waals surface area (Å²) in [4.78, 5) is 2.88. The molecule has 0 aromatic heterocycles. The highest BCUT2D eigenvalue weighted by molar-refractivity contribution is 6.12. The Morgan fingerprint density at radius 1 is 0.818 bits per heavy atom. The molecule has 0 N–H and O–H groups in total. The maximum atomic E-state index is 2.88. The highest BCUT2D eigenvalue weighted by atomic mass is 15.3. The van der Waals surface area contributed by atoms with Gasteiger partial charge in [0.05, 0.1) is 0 Å². The summed E-state index contributed by atoms with van der Waals surface area (Å²) in [6.07, 6.45) is 5.04. The van der Waals surface area contributed by atoms with E-state index in [0.717, 1.165) is 5.82 Å². The van der Waals surface area contributed by atoms with Crippen molar-refractivity contribution in [1.82, 2.24) is 4.90 Å². The van der Waals surface area contributed by atoms with E-state index in [2.05, 4.69) is 82.0 Å². The van der Waals surface area contributed by atoms with E-state index in [4.69, 9.17) is 0 Å². The Bertz CT molecular complexity index is 347. The monoisotopic (exact) mass is 307 g/mol. The zero-order chi connectivity index (χ0) is 17.6. The van der Waals surface area contributed by atoms with Crippen LogP contribution in [0.5, 0.6) is 0 Å². The second-order valence-corrected chi connectivity index (χ2v) is 10.5. The second kappa shape index (κ2) is 6.15. The van der Waals surface area contributed by atoms with E-state index >= 15 is 0 Å². The smallest absolute Gasteiger partial charge is 0.106 e. The minimum atomic E-state index is 0.244. The molecule has 0 bridgehead atoms. The summed E-state index contributed by atoms with van der Waals surface area (Å²) < 4.78 is 0. The van der Waals surface area contributed by atoms with Gasteiger partial charge in [-0.3, -0.25) is 4.90 Å². The first-order chi connectivity index (χ1) is 9.71. The Morgan fingerprint density at radius 3 is 1.41 bits per heavy atom. The zero-order valence-electron chi connectivity index (χ0n) is 17.4. The third-order valence-corrected chi connectivity index (χ3v) is 6.73. The van der Waals surface area contributed by atoms with Crippen LogP contribution in [0.3, 0.4) is 0 Å². The van der Waals surface area contributed by atoms with Crippen molar-refractivity contribution in [3.63, 3.8) is 0 Å². The Labute approximate surface area is 142 Å². The van der Waals surface area contributed by atoms with E-state index in [1.54, 1.807) is 0 Å². The summed E-state index contributed by atoms with van der Waals surface area (Å²) in [6.45, 7) is 24.6. The molecule has 130 valence electrons. The second-order valence-electron chi connectivity index (χ2n) is 10.5. The summed E-state index contributed by atoms with van der Waals surface area (Å²) in [5.41, 5.74) is 1.23. The van der Waals surface area contributed by atoms with Gasteiger partial charge < -0.3 is 0 Å². The van der Waals surface area contributed by atoms with Crippen molar-refractivity contribution >= 4 is 7.85 Å². The van der Waals surface area contributed by atoms with E-state index in [9.17, 15) is 0 Å².